The second-order valence-corrected chi connectivity index (χ2v) is 3.83. The minimum atomic E-state index is -0.743. The van der Waals surface area contributed by atoms with Crippen molar-refractivity contribution < 1.29 is 13.6 Å². The summed E-state index contributed by atoms with van der Waals surface area (Å²) >= 11 is 0. The first kappa shape index (κ1) is 12.8. The van der Waals surface area contributed by atoms with Crippen molar-refractivity contribution in [2.24, 2.45) is 5.73 Å². The number of carbonyl (C=O) groups is 1. The van der Waals surface area contributed by atoms with Gasteiger partial charge in [-0.15, -0.1) is 0 Å². The van der Waals surface area contributed by atoms with E-state index >= 15 is 0 Å². The third-order valence-electron chi connectivity index (χ3n) is 2.29. The van der Waals surface area contributed by atoms with E-state index in [4.69, 9.17) is 5.73 Å². The van der Waals surface area contributed by atoms with Crippen LogP contribution in [0.3, 0.4) is 0 Å². The highest BCUT2D eigenvalue weighted by atomic mass is 19.1. The van der Waals surface area contributed by atoms with Crippen LogP contribution in [0.5, 0.6) is 0 Å². The fourth-order valence-electron chi connectivity index (χ4n) is 1.54. The summed E-state index contributed by atoms with van der Waals surface area (Å²) in [6.07, 6.45) is 1.73. The maximum absolute atomic E-state index is 12.9. The number of hydrogen-bond donors (Lipinski definition) is 1. The highest BCUT2D eigenvalue weighted by Gasteiger charge is 2.13. The van der Waals surface area contributed by atoms with Crippen LogP contribution in [0.4, 0.5) is 8.78 Å². The Morgan fingerprint density at radius 3 is 2.38 bits per heavy atom. The Bertz CT molecular complexity index is 359. The molecule has 1 aromatic rings. The first-order chi connectivity index (χ1) is 7.52. The summed E-state index contributed by atoms with van der Waals surface area (Å²) in [5.41, 5.74) is 5.74. The quantitative estimate of drug-likeness (QED) is 0.786. The van der Waals surface area contributed by atoms with Crippen molar-refractivity contribution >= 4 is 5.78 Å². The SMILES string of the molecule is CCCC(N)CC(=O)c1cc(F)cc(F)c1. The maximum Gasteiger partial charge on any atom is 0.164 e. The van der Waals surface area contributed by atoms with Gasteiger partial charge < -0.3 is 5.73 Å². The van der Waals surface area contributed by atoms with Crippen molar-refractivity contribution in [2.75, 3.05) is 0 Å². The Hall–Kier alpha value is -1.29. The summed E-state index contributed by atoms with van der Waals surface area (Å²) in [7, 11) is 0. The molecule has 1 atom stereocenters. The molecule has 2 nitrogen and oxygen atoms in total. The van der Waals surface area contributed by atoms with Crippen LogP contribution in [0.25, 0.3) is 0 Å². The number of nitrogens with two attached hydrogens (primary N) is 1. The number of ketones is 1. The molecule has 0 saturated heterocycles. The predicted molar refractivity (Wildman–Crippen MR) is 58.2 cm³/mol. The zero-order valence-electron chi connectivity index (χ0n) is 9.17. The van der Waals surface area contributed by atoms with Crippen LogP contribution in [0.1, 0.15) is 36.5 Å². The molecule has 0 radical (unpaired) electrons. The van der Waals surface area contributed by atoms with Crippen LogP contribution in [0.15, 0.2) is 18.2 Å². The van der Waals surface area contributed by atoms with Crippen LogP contribution >= 0.6 is 0 Å². The number of Topliss-reactive ketones (excluding diaryl/α,β-unsaturated/α-hetero) is 1. The van der Waals surface area contributed by atoms with E-state index in [-0.39, 0.29) is 23.8 Å². The van der Waals surface area contributed by atoms with Crippen LogP contribution < -0.4 is 5.73 Å². The topological polar surface area (TPSA) is 43.1 Å². The fourth-order valence-corrected chi connectivity index (χ4v) is 1.54. The number of hydrogen-bond acceptors (Lipinski definition) is 2. The van der Waals surface area contributed by atoms with Crippen molar-refractivity contribution in [1.29, 1.82) is 0 Å². The minimum absolute atomic E-state index is 0.0454. The molecule has 0 aliphatic rings. The highest BCUT2D eigenvalue weighted by Crippen LogP contribution is 2.12. The van der Waals surface area contributed by atoms with Crippen molar-refractivity contribution in [3.8, 4) is 0 Å². The molecular formula is C12H15F2NO. The third kappa shape index (κ3) is 3.70. The van der Waals surface area contributed by atoms with E-state index in [0.29, 0.717) is 0 Å². The molecule has 0 bridgehead atoms. The van der Waals surface area contributed by atoms with Gasteiger partial charge in [-0.2, -0.15) is 0 Å². The molecule has 0 amide bonds. The van der Waals surface area contributed by atoms with E-state index < -0.39 is 11.6 Å². The fraction of sp³-hybridized carbons (Fsp3) is 0.417. The molecule has 0 aliphatic carbocycles. The molecule has 0 aliphatic heterocycles. The number of carbonyl (C=O) groups excluding carboxylic acids is 1. The minimum Gasteiger partial charge on any atom is -0.327 e. The normalized spacial score (nSPS) is 12.5. The smallest absolute Gasteiger partial charge is 0.164 e. The zero-order valence-corrected chi connectivity index (χ0v) is 9.17. The van der Waals surface area contributed by atoms with Gasteiger partial charge >= 0.3 is 0 Å². The number of halogens is 2. The van der Waals surface area contributed by atoms with Gasteiger partial charge in [0, 0.05) is 24.1 Å². The van der Waals surface area contributed by atoms with Gasteiger partial charge in [0.15, 0.2) is 5.78 Å². The first-order valence-electron chi connectivity index (χ1n) is 5.27. The Labute approximate surface area is 93.5 Å². The molecule has 0 fully saturated rings. The highest BCUT2D eigenvalue weighted by molar-refractivity contribution is 5.96. The summed E-state index contributed by atoms with van der Waals surface area (Å²) in [5, 5.41) is 0. The molecule has 1 aromatic carbocycles. The summed E-state index contributed by atoms with van der Waals surface area (Å²) in [5.74, 6) is -1.81. The van der Waals surface area contributed by atoms with E-state index in [2.05, 4.69) is 0 Å². The monoisotopic (exact) mass is 227 g/mol. The van der Waals surface area contributed by atoms with Gasteiger partial charge in [-0.05, 0) is 18.6 Å². The molecule has 0 saturated carbocycles. The summed E-state index contributed by atoms with van der Waals surface area (Å²) in [4.78, 5) is 11.6. The van der Waals surface area contributed by atoms with Crippen molar-refractivity contribution in [1.82, 2.24) is 0 Å². The van der Waals surface area contributed by atoms with Crippen LogP contribution in [0.2, 0.25) is 0 Å². The average Bonchev–Trinajstić information content (AvgIpc) is 2.16. The molecule has 16 heavy (non-hydrogen) atoms. The maximum atomic E-state index is 12.9. The number of rotatable bonds is 5. The van der Waals surface area contributed by atoms with Crippen molar-refractivity contribution in [3.05, 3.63) is 35.4 Å². The lowest BCUT2D eigenvalue weighted by Gasteiger charge is -2.09. The van der Waals surface area contributed by atoms with E-state index in [9.17, 15) is 13.6 Å². The second-order valence-electron chi connectivity index (χ2n) is 3.83. The molecule has 0 spiro atoms. The average molecular weight is 227 g/mol. The Morgan fingerprint density at radius 1 is 1.31 bits per heavy atom. The Kier molecular flexibility index (Phi) is 4.55. The first-order valence-corrected chi connectivity index (χ1v) is 5.27. The largest absolute Gasteiger partial charge is 0.327 e. The molecule has 0 heterocycles. The molecule has 1 unspecified atom stereocenters. The lowest BCUT2D eigenvalue weighted by atomic mass is 10.0. The van der Waals surface area contributed by atoms with E-state index in [1.165, 1.54) is 0 Å². The summed E-state index contributed by atoms with van der Waals surface area (Å²) < 4.78 is 25.7. The molecule has 1 rings (SSSR count). The summed E-state index contributed by atoms with van der Waals surface area (Å²) in [6, 6.07) is 2.56. The van der Waals surface area contributed by atoms with E-state index in [1.807, 2.05) is 6.92 Å². The lowest BCUT2D eigenvalue weighted by molar-refractivity contribution is 0.0972. The van der Waals surface area contributed by atoms with Crippen LogP contribution in [-0.2, 0) is 0 Å². The van der Waals surface area contributed by atoms with Crippen LogP contribution in [0, 0.1) is 11.6 Å². The third-order valence-corrected chi connectivity index (χ3v) is 2.29. The van der Waals surface area contributed by atoms with Gasteiger partial charge in [0.25, 0.3) is 0 Å². The van der Waals surface area contributed by atoms with E-state index in [0.717, 1.165) is 31.0 Å². The van der Waals surface area contributed by atoms with Gasteiger partial charge in [0.05, 0.1) is 0 Å². The van der Waals surface area contributed by atoms with E-state index in [1.54, 1.807) is 0 Å². The van der Waals surface area contributed by atoms with Crippen molar-refractivity contribution in [2.45, 2.75) is 32.2 Å². The number of benzene rings is 1. The molecule has 4 heteroatoms. The molecule has 2 N–H and O–H groups in total. The van der Waals surface area contributed by atoms with Gasteiger partial charge in [-0.3, -0.25) is 4.79 Å². The predicted octanol–water partition coefficient (Wildman–Crippen LogP) is 2.67. The lowest BCUT2D eigenvalue weighted by Crippen LogP contribution is -2.23. The molecule has 0 aromatic heterocycles. The second kappa shape index (κ2) is 5.70. The standard InChI is InChI=1S/C12H15F2NO/c1-2-3-11(15)7-12(16)8-4-9(13)6-10(14)5-8/h4-6,11H,2-3,7,15H2,1H3. The van der Waals surface area contributed by atoms with Crippen LogP contribution in [-0.4, -0.2) is 11.8 Å². The molecule has 88 valence electrons. The molecular weight excluding hydrogens is 212 g/mol. The van der Waals surface area contributed by atoms with Gasteiger partial charge in [0.1, 0.15) is 11.6 Å². The van der Waals surface area contributed by atoms with Gasteiger partial charge in [0.2, 0.25) is 0 Å². The van der Waals surface area contributed by atoms with Gasteiger partial charge in [-0.25, -0.2) is 8.78 Å². The Morgan fingerprint density at radius 2 is 1.88 bits per heavy atom. The van der Waals surface area contributed by atoms with Gasteiger partial charge in [-0.1, -0.05) is 13.3 Å². The summed E-state index contributed by atoms with van der Waals surface area (Å²) in [6.45, 7) is 1.96. The van der Waals surface area contributed by atoms with Crippen molar-refractivity contribution in [3.63, 3.8) is 0 Å². The Balaban J connectivity index is 2.72. The zero-order chi connectivity index (χ0) is 12.1.